The highest BCUT2D eigenvalue weighted by Crippen LogP contribution is 2.27. The van der Waals surface area contributed by atoms with Crippen molar-refractivity contribution in [2.45, 2.75) is 45.4 Å². The quantitative estimate of drug-likeness (QED) is 0.691. The summed E-state index contributed by atoms with van der Waals surface area (Å²) < 4.78 is 0. The van der Waals surface area contributed by atoms with Gasteiger partial charge in [-0.15, -0.1) is 0 Å². The molecule has 0 saturated carbocycles. The smallest absolute Gasteiger partial charge is 0.303 e. The van der Waals surface area contributed by atoms with Crippen LogP contribution in [0.25, 0.3) is 0 Å². The Balaban J connectivity index is 1.90. The number of nitrogens with one attached hydrogen (secondary N) is 1. The molecule has 0 aliphatic heterocycles. The Morgan fingerprint density at radius 3 is 2.60 bits per heavy atom. The summed E-state index contributed by atoms with van der Waals surface area (Å²) in [5, 5.41) is 17.0. The Kier molecular flexibility index (Phi) is 6.87. The van der Waals surface area contributed by atoms with E-state index in [0.29, 0.717) is 37.0 Å². The Morgan fingerprint density at radius 2 is 1.92 bits per heavy atom. The zero-order valence-electron chi connectivity index (χ0n) is 14.6. The molecule has 2 rings (SSSR count). The highest BCUT2D eigenvalue weighted by molar-refractivity contribution is 6.02. The first-order valence-electron chi connectivity index (χ1n) is 8.68. The third-order valence-corrected chi connectivity index (χ3v) is 4.65. The molecule has 25 heavy (non-hydrogen) atoms. The van der Waals surface area contributed by atoms with Crippen molar-refractivity contribution in [2.24, 2.45) is 5.92 Å². The lowest BCUT2D eigenvalue weighted by molar-refractivity contribution is -0.137. The van der Waals surface area contributed by atoms with Crippen molar-refractivity contribution in [1.82, 2.24) is 0 Å². The van der Waals surface area contributed by atoms with Crippen LogP contribution in [0.1, 0.15) is 44.6 Å². The molecule has 0 bridgehead atoms. The van der Waals surface area contributed by atoms with Gasteiger partial charge in [-0.25, -0.2) is 0 Å². The van der Waals surface area contributed by atoms with Gasteiger partial charge in [0.2, 0.25) is 0 Å². The number of aryl methyl sites for hydroxylation is 1. The Bertz CT molecular complexity index is 701. The third kappa shape index (κ3) is 6.14. The molecule has 2 N–H and O–H groups in total. The standard InChI is InChI=1S/C21H25NO3/c1-15-7-9-18(20(23)14-17(15)10-12-21(24)25)13-19(22)11-8-16-5-3-2-4-6-16/h2-7,9,17,22H,8,10-14H2,1H3,(H,24,25). The molecule has 4 nitrogen and oxygen atoms in total. The number of hydrogen-bond acceptors (Lipinski definition) is 3. The van der Waals surface area contributed by atoms with E-state index >= 15 is 0 Å². The molecule has 0 aromatic heterocycles. The number of carbonyl (C=O) groups excluding carboxylic acids is 1. The van der Waals surface area contributed by atoms with E-state index in [1.807, 2.05) is 49.4 Å². The van der Waals surface area contributed by atoms with Crippen LogP contribution in [0.4, 0.5) is 0 Å². The number of aliphatic carboxylic acids is 1. The number of allylic oxidation sites excluding steroid dienone is 4. The van der Waals surface area contributed by atoms with Crippen LogP contribution in [-0.4, -0.2) is 22.6 Å². The zero-order valence-corrected chi connectivity index (χ0v) is 14.6. The third-order valence-electron chi connectivity index (χ3n) is 4.65. The van der Waals surface area contributed by atoms with Crippen molar-refractivity contribution in [2.75, 3.05) is 0 Å². The summed E-state index contributed by atoms with van der Waals surface area (Å²) in [5.41, 5.74) is 3.45. The maximum absolute atomic E-state index is 12.5. The summed E-state index contributed by atoms with van der Waals surface area (Å²) in [6, 6.07) is 10.0. The molecule has 1 unspecified atom stereocenters. The van der Waals surface area contributed by atoms with E-state index in [9.17, 15) is 9.59 Å². The summed E-state index contributed by atoms with van der Waals surface area (Å²) in [4.78, 5) is 23.2. The topological polar surface area (TPSA) is 78.2 Å². The van der Waals surface area contributed by atoms with Gasteiger partial charge in [0.1, 0.15) is 0 Å². The molecule has 4 heteroatoms. The molecule has 1 aromatic rings. The summed E-state index contributed by atoms with van der Waals surface area (Å²) in [7, 11) is 0. The van der Waals surface area contributed by atoms with E-state index in [0.717, 1.165) is 12.0 Å². The van der Waals surface area contributed by atoms with Crippen LogP contribution in [0.5, 0.6) is 0 Å². The van der Waals surface area contributed by atoms with Crippen LogP contribution in [0.15, 0.2) is 53.6 Å². The molecule has 1 aliphatic rings. The number of carbonyl (C=O) groups is 2. The average molecular weight is 339 g/mol. The summed E-state index contributed by atoms with van der Waals surface area (Å²) in [5.74, 6) is -0.816. The van der Waals surface area contributed by atoms with E-state index in [1.54, 1.807) is 0 Å². The first-order valence-corrected chi connectivity index (χ1v) is 8.68. The van der Waals surface area contributed by atoms with E-state index in [-0.39, 0.29) is 18.1 Å². The minimum Gasteiger partial charge on any atom is -0.481 e. The minimum absolute atomic E-state index is 0.0177. The first-order chi connectivity index (χ1) is 12.0. The fourth-order valence-electron chi connectivity index (χ4n) is 3.02. The van der Waals surface area contributed by atoms with Gasteiger partial charge in [0.05, 0.1) is 0 Å². The Hall–Kier alpha value is -2.49. The maximum Gasteiger partial charge on any atom is 0.303 e. The molecule has 1 aliphatic carbocycles. The predicted molar refractivity (Wildman–Crippen MR) is 98.9 cm³/mol. The van der Waals surface area contributed by atoms with Gasteiger partial charge in [-0.3, -0.25) is 9.59 Å². The number of ketones is 1. The summed E-state index contributed by atoms with van der Waals surface area (Å²) >= 11 is 0. The monoisotopic (exact) mass is 339 g/mol. The average Bonchev–Trinajstić information content (AvgIpc) is 2.72. The highest BCUT2D eigenvalue weighted by atomic mass is 16.4. The molecule has 1 aromatic carbocycles. The Morgan fingerprint density at radius 1 is 1.20 bits per heavy atom. The van der Waals surface area contributed by atoms with Crippen molar-refractivity contribution in [3.63, 3.8) is 0 Å². The molecule has 0 saturated heterocycles. The minimum atomic E-state index is -0.833. The molecule has 0 radical (unpaired) electrons. The lowest BCUT2D eigenvalue weighted by Crippen LogP contribution is -2.13. The molecule has 1 atom stereocenters. The molecule has 132 valence electrons. The first kappa shape index (κ1) is 18.8. The van der Waals surface area contributed by atoms with E-state index in [4.69, 9.17) is 10.5 Å². The van der Waals surface area contributed by atoms with Crippen LogP contribution < -0.4 is 0 Å². The maximum atomic E-state index is 12.5. The van der Waals surface area contributed by atoms with Crippen LogP contribution in [-0.2, 0) is 16.0 Å². The lowest BCUT2D eigenvalue weighted by Gasteiger charge is -2.14. The van der Waals surface area contributed by atoms with Crippen LogP contribution in [0.3, 0.4) is 0 Å². The fraction of sp³-hybridized carbons (Fsp3) is 0.381. The Labute approximate surface area is 148 Å². The predicted octanol–water partition coefficient (Wildman–Crippen LogP) is 4.36. The van der Waals surface area contributed by atoms with E-state index < -0.39 is 5.97 Å². The van der Waals surface area contributed by atoms with Gasteiger partial charge in [-0.05, 0) is 37.7 Å². The van der Waals surface area contributed by atoms with Crippen LogP contribution >= 0.6 is 0 Å². The van der Waals surface area contributed by atoms with Gasteiger partial charge < -0.3 is 10.5 Å². The second-order valence-electron chi connectivity index (χ2n) is 6.63. The number of carboxylic acids is 1. The zero-order chi connectivity index (χ0) is 18.2. The van der Waals surface area contributed by atoms with E-state index in [2.05, 4.69) is 0 Å². The normalized spacial score (nSPS) is 17.5. The fourth-order valence-corrected chi connectivity index (χ4v) is 3.02. The lowest BCUT2D eigenvalue weighted by atomic mass is 9.89. The molecule has 0 heterocycles. The summed E-state index contributed by atoms with van der Waals surface area (Å²) in [6.45, 7) is 1.94. The molecule has 0 amide bonds. The van der Waals surface area contributed by atoms with Crippen molar-refractivity contribution in [1.29, 1.82) is 5.41 Å². The molecular formula is C21H25NO3. The van der Waals surface area contributed by atoms with Gasteiger partial charge in [0.15, 0.2) is 5.78 Å². The number of hydrogen-bond donors (Lipinski definition) is 2. The van der Waals surface area contributed by atoms with Crippen molar-refractivity contribution < 1.29 is 14.7 Å². The summed E-state index contributed by atoms with van der Waals surface area (Å²) in [6.07, 6.45) is 6.44. The molecular weight excluding hydrogens is 314 g/mol. The van der Waals surface area contributed by atoms with Gasteiger partial charge in [0, 0.05) is 30.5 Å². The highest BCUT2D eigenvalue weighted by Gasteiger charge is 2.22. The number of carboxylic acid groups (broad SMARTS) is 1. The van der Waals surface area contributed by atoms with Crippen LogP contribution in [0.2, 0.25) is 0 Å². The van der Waals surface area contributed by atoms with Gasteiger partial charge in [0.25, 0.3) is 0 Å². The van der Waals surface area contributed by atoms with Gasteiger partial charge in [-0.1, -0.05) is 48.1 Å². The second kappa shape index (κ2) is 9.11. The second-order valence-corrected chi connectivity index (χ2v) is 6.63. The van der Waals surface area contributed by atoms with Gasteiger partial charge >= 0.3 is 5.97 Å². The van der Waals surface area contributed by atoms with Gasteiger partial charge in [-0.2, -0.15) is 0 Å². The van der Waals surface area contributed by atoms with Crippen molar-refractivity contribution in [3.05, 3.63) is 59.2 Å². The largest absolute Gasteiger partial charge is 0.481 e. The van der Waals surface area contributed by atoms with Crippen molar-refractivity contribution >= 4 is 17.5 Å². The van der Waals surface area contributed by atoms with Crippen molar-refractivity contribution in [3.8, 4) is 0 Å². The SMILES string of the molecule is CC1=CC=C(CC(=N)CCc2ccccc2)C(=O)CC1CCC(=O)O. The van der Waals surface area contributed by atoms with E-state index in [1.165, 1.54) is 5.56 Å². The molecule has 0 fully saturated rings. The molecule has 0 spiro atoms. The van der Waals surface area contributed by atoms with Crippen LogP contribution in [0, 0.1) is 11.3 Å². The number of Topliss-reactive ketones (excluding diaryl/α,β-unsaturated/α-hetero) is 1. The number of rotatable bonds is 8. The number of benzene rings is 1.